The van der Waals surface area contributed by atoms with Gasteiger partial charge in [0.1, 0.15) is 5.84 Å². The number of amidine groups is 1. The number of sulfonamides is 1. The van der Waals surface area contributed by atoms with E-state index in [4.69, 9.17) is 11.6 Å². The zero-order chi connectivity index (χ0) is 15.6. The molecule has 22 heavy (non-hydrogen) atoms. The van der Waals surface area contributed by atoms with Gasteiger partial charge in [-0.15, -0.1) is 0 Å². The fourth-order valence-electron chi connectivity index (χ4n) is 2.17. The van der Waals surface area contributed by atoms with E-state index in [2.05, 4.69) is 15.0 Å². The van der Waals surface area contributed by atoms with E-state index in [1.807, 2.05) is 12.1 Å². The van der Waals surface area contributed by atoms with E-state index in [1.54, 1.807) is 24.3 Å². The molecule has 1 aliphatic heterocycles. The maximum atomic E-state index is 12.5. The maximum Gasteiger partial charge on any atom is 0.261 e. The molecule has 5 nitrogen and oxygen atoms in total. The van der Waals surface area contributed by atoms with Crippen LogP contribution >= 0.6 is 11.6 Å². The molecule has 7 heteroatoms. The largest absolute Gasteiger partial charge is 0.368 e. The van der Waals surface area contributed by atoms with Crippen LogP contribution in [0, 0.1) is 0 Å². The highest BCUT2D eigenvalue weighted by Crippen LogP contribution is 2.22. The SMILES string of the molecule is O=S(=O)(Nc1ccccc1C1=NCCN1)c1ccc(Cl)cc1. The lowest BCUT2D eigenvalue weighted by atomic mass is 10.1. The lowest BCUT2D eigenvalue weighted by Crippen LogP contribution is -2.22. The summed E-state index contributed by atoms with van der Waals surface area (Å²) in [5, 5.41) is 3.63. The molecule has 0 atom stereocenters. The van der Waals surface area contributed by atoms with Crippen molar-refractivity contribution in [2.45, 2.75) is 4.90 Å². The van der Waals surface area contributed by atoms with Crippen LogP contribution in [0.25, 0.3) is 0 Å². The minimum absolute atomic E-state index is 0.160. The Balaban J connectivity index is 1.94. The average Bonchev–Trinajstić information content (AvgIpc) is 3.02. The van der Waals surface area contributed by atoms with Gasteiger partial charge >= 0.3 is 0 Å². The molecule has 0 spiro atoms. The summed E-state index contributed by atoms with van der Waals surface area (Å²) in [6.45, 7) is 1.45. The molecule has 0 aliphatic carbocycles. The van der Waals surface area contributed by atoms with Crippen LogP contribution in [0.2, 0.25) is 5.02 Å². The van der Waals surface area contributed by atoms with E-state index in [-0.39, 0.29) is 4.90 Å². The number of nitrogens with one attached hydrogen (secondary N) is 2. The van der Waals surface area contributed by atoms with Crippen molar-refractivity contribution in [3.63, 3.8) is 0 Å². The van der Waals surface area contributed by atoms with E-state index in [0.717, 1.165) is 12.1 Å². The summed E-state index contributed by atoms with van der Waals surface area (Å²) in [4.78, 5) is 4.49. The Morgan fingerprint density at radius 2 is 1.82 bits per heavy atom. The highest BCUT2D eigenvalue weighted by atomic mass is 35.5. The molecule has 0 fully saturated rings. The van der Waals surface area contributed by atoms with Gasteiger partial charge in [-0.25, -0.2) is 8.42 Å². The van der Waals surface area contributed by atoms with Crippen LogP contribution in [0.3, 0.4) is 0 Å². The van der Waals surface area contributed by atoms with Gasteiger partial charge in [-0.1, -0.05) is 23.7 Å². The van der Waals surface area contributed by atoms with Gasteiger partial charge in [0.05, 0.1) is 17.1 Å². The van der Waals surface area contributed by atoms with E-state index in [0.29, 0.717) is 23.1 Å². The molecule has 2 aromatic carbocycles. The number of hydrogen-bond acceptors (Lipinski definition) is 4. The molecule has 2 N–H and O–H groups in total. The molecule has 3 rings (SSSR count). The number of halogens is 1. The van der Waals surface area contributed by atoms with Crippen molar-refractivity contribution in [2.24, 2.45) is 4.99 Å². The first kappa shape index (κ1) is 14.9. The molecule has 0 amide bonds. The average molecular weight is 336 g/mol. The predicted octanol–water partition coefficient (Wildman–Crippen LogP) is 2.49. The second-order valence-electron chi connectivity index (χ2n) is 4.76. The Bertz CT molecular complexity index is 817. The Labute approximate surface area is 134 Å². The fraction of sp³-hybridized carbons (Fsp3) is 0.133. The summed E-state index contributed by atoms with van der Waals surface area (Å²) >= 11 is 5.79. The number of nitrogens with zero attached hydrogens (tertiary/aromatic N) is 1. The quantitative estimate of drug-likeness (QED) is 0.901. The summed E-state index contributed by atoms with van der Waals surface area (Å²) in [5.41, 5.74) is 1.23. The zero-order valence-electron chi connectivity index (χ0n) is 11.6. The number of rotatable bonds is 4. The number of hydrogen-bond donors (Lipinski definition) is 2. The third-order valence-electron chi connectivity index (χ3n) is 3.22. The van der Waals surface area contributed by atoms with Gasteiger partial charge in [0, 0.05) is 17.1 Å². The Hall–Kier alpha value is -2.05. The van der Waals surface area contributed by atoms with Crippen molar-refractivity contribution < 1.29 is 8.42 Å². The smallest absolute Gasteiger partial charge is 0.261 e. The van der Waals surface area contributed by atoms with Crippen LogP contribution in [0.5, 0.6) is 0 Å². The maximum absolute atomic E-state index is 12.5. The second-order valence-corrected chi connectivity index (χ2v) is 6.88. The molecular weight excluding hydrogens is 322 g/mol. The first-order valence-electron chi connectivity index (χ1n) is 6.72. The second kappa shape index (κ2) is 5.98. The molecule has 1 heterocycles. The first-order valence-corrected chi connectivity index (χ1v) is 8.58. The molecule has 2 aromatic rings. The molecule has 0 saturated heterocycles. The summed E-state index contributed by atoms with van der Waals surface area (Å²) in [6.07, 6.45) is 0. The van der Waals surface area contributed by atoms with Crippen molar-refractivity contribution in [1.29, 1.82) is 0 Å². The fourth-order valence-corrected chi connectivity index (χ4v) is 3.38. The molecule has 0 radical (unpaired) electrons. The lowest BCUT2D eigenvalue weighted by Gasteiger charge is -2.13. The van der Waals surface area contributed by atoms with Crippen molar-refractivity contribution in [1.82, 2.24) is 5.32 Å². The Morgan fingerprint density at radius 1 is 1.09 bits per heavy atom. The molecule has 0 unspecified atom stereocenters. The van der Waals surface area contributed by atoms with E-state index in [1.165, 1.54) is 12.1 Å². The van der Waals surface area contributed by atoms with Crippen LogP contribution in [-0.2, 0) is 10.0 Å². The third-order valence-corrected chi connectivity index (χ3v) is 4.86. The summed E-state index contributed by atoms with van der Waals surface area (Å²) < 4.78 is 27.5. The monoisotopic (exact) mass is 335 g/mol. The lowest BCUT2D eigenvalue weighted by molar-refractivity contribution is 0.601. The predicted molar refractivity (Wildman–Crippen MR) is 88.1 cm³/mol. The molecule has 0 saturated carbocycles. The normalized spacial score (nSPS) is 14.3. The van der Waals surface area contributed by atoms with Crippen molar-refractivity contribution >= 4 is 33.1 Å². The standard InChI is InChI=1S/C15H14ClN3O2S/c16-11-5-7-12(8-6-11)22(20,21)19-14-4-2-1-3-13(14)15-17-9-10-18-15/h1-8,19H,9-10H2,(H,17,18). The minimum Gasteiger partial charge on any atom is -0.368 e. The zero-order valence-corrected chi connectivity index (χ0v) is 13.2. The van der Waals surface area contributed by atoms with Crippen LogP contribution < -0.4 is 10.0 Å². The van der Waals surface area contributed by atoms with Crippen molar-refractivity contribution in [2.75, 3.05) is 17.8 Å². The third kappa shape index (κ3) is 3.08. The molecule has 114 valence electrons. The number of anilines is 1. The summed E-state index contributed by atoms with van der Waals surface area (Å²) in [6, 6.07) is 13.2. The van der Waals surface area contributed by atoms with Crippen LogP contribution in [0.15, 0.2) is 58.4 Å². The van der Waals surface area contributed by atoms with Gasteiger partial charge in [-0.2, -0.15) is 0 Å². The van der Waals surface area contributed by atoms with E-state index < -0.39 is 10.0 Å². The van der Waals surface area contributed by atoms with Gasteiger partial charge in [-0.3, -0.25) is 9.71 Å². The number of benzene rings is 2. The van der Waals surface area contributed by atoms with E-state index >= 15 is 0 Å². The molecule has 0 bridgehead atoms. The topological polar surface area (TPSA) is 70.6 Å². The molecule has 1 aliphatic rings. The highest BCUT2D eigenvalue weighted by molar-refractivity contribution is 7.92. The number of aliphatic imine (C=N–C) groups is 1. The summed E-state index contributed by atoms with van der Waals surface area (Å²) in [5.74, 6) is 0.703. The molecule has 0 aromatic heterocycles. The summed E-state index contributed by atoms with van der Waals surface area (Å²) in [7, 11) is -3.67. The van der Waals surface area contributed by atoms with Crippen molar-refractivity contribution in [3.8, 4) is 0 Å². The van der Waals surface area contributed by atoms with Crippen LogP contribution in [0.4, 0.5) is 5.69 Å². The van der Waals surface area contributed by atoms with Gasteiger partial charge in [0.15, 0.2) is 0 Å². The van der Waals surface area contributed by atoms with E-state index in [9.17, 15) is 8.42 Å². The van der Waals surface area contributed by atoms with Gasteiger partial charge in [-0.05, 0) is 36.4 Å². The Kier molecular flexibility index (Phi) is 4.04. The van der Waals surface area contributed by atoms with Crippen molar-refractivity contribution in [3.05, 3.63) is 59.1 Å². The van der Waals surface area contributed by atoms with Gasteiger partial charge in [0.25, 0.3) is 10.0 Å². The number of para-hydroxylation sites is 1. The van der Waals surface area contributed by atoms with Gasteiger partial charge < -0.3 is 5.32 Å². The highest BCUT2D eigenvalue weighted by Gasteiger charge is 2.18. The first-order chi connectivity index (χ1) is 10.6. The van der Waals surface area contributed by atoms with Crippen LogP contribution in [-0.4, -0.2) is 27.3 Å². The Morgan fingerprint density at radius 3 is 2.50 bits per heavy atom. The molecular formula is C15H14ClN3O2S. The van der Waals surface area contributed by atoms with Gasteiger partial charge in [0.2, 0.25) is 0 Å². The minimum atomic E-state index is -3.67. The van der Waals surface area contributed by atoms with Crippen LogP contribution in [0.1, 0.15) is 5.56 Å².